The van der Waals surface area contributed by atoms with Crippen LogP contribution in [0.4, 0.5) is 21.7 Å². The van der Waals surface area contributed by atoms with Crippen LogP contribution < -0.4 is 10.6 Å². The molecule has 2 N–H and O–H groups in total. The zero-order chi connectivity index (χ0) is 19.9. The number of nitrogens with zero attached hydrogens (tertiary/aromatic N) is 2. The lowest BCUT2D eigenvalue weighted by molar-refractivity contribution is 0.0527. The minimum atomic E-state index is -0.529. The fourth-order valence-corrected chi connectivity index (χ4v) is 2.37. The summed E-state index contributed by atoms with van der Waals surface area (Å²) < 4.78 is 18.6. The molecule has 0 aliphatic heterocycles. The molecular weight excluding hydrogens is 363 g/mol. The van der Waals surface area contributed by atoms with Gasteiger partial charge in [0.05, 0.1) is 29.1 Å². The smallest absolute Gasteiger partial charge is 0.340 e. The SMILES string of the molecule is CCOC(=O)c1ccccc1NC(=O)c1cnc(Nc2ccccc2F)nc1. The Morgan fingerprint density at radius 1 is 1.00 bits per heavy atom. The first-order valence-corrected chi connectivity index (χ1v) is 8.49. The number of rotatable bonds is 6. The average molecular weight is 380 g/mol. The van der Waals surface area contributed by atoms with E-state index in [0.29, 0.717) is 5.69 Å². The number of benzene rings is 2. The quantitative estimate of drug-likeness (QED) is 0.632. The molecule has 0 spiro atoms. The van der Waals surface area contributed by atoms with Gasteiger partial charge in [0.2, 0.25) is 5.95 Å². The summed E-state index contributed by atoms with van der Waals surface area (Å²) in [6.45, 7) is 1.93. The normalized spacial score (nSPS) is 10.2. The zero-order valence-corrected chi connectivity index (χ0v) is 15.0. The Labute approximate surface area is 160 Å². The molecule has 0 fully saturated rings. The van der Waals surface area contributed by atoms with E-state index in [1.165, 1.54) is 18.5 Å². The molecule has 0 aliphatic carbocycles. The lowest BCUT2D eigenvalue weighted by Gasteiger charge is -2.10. The topological polar surface area (TPSA) is 93.2 Å². The first-order valence-electron chi connectivity index (χ1n) is 8.49. The first-order chi connectivity index (χ1) is 13.6. The van der Waals surface area contributed by atoms with Crippen molar-refractivity contribution in [3.05, 3.63) is 77.9 Å². The summed E-state index contributed by atoms with van der Waals surface area (Å²) in [5, 5.41) is 5.38. The Morgan fingerprint density at radius 3 is 2.32 bits per heavy atom. The van der Waals surface area contributed by atoms with E-state index in [9.17, 15) is 14.0 Å². The highest BCUT2D eigenvalue weighted by Gasteiger charge is 2.15. The van der Waals surface area contributed by atoms with Gasteiger partial charge in [-0.2, -0.15) is 0 Å². The number of nitrogens with one attached hydrogen (secondary N) is 2. The molecule has 1 amide bonds. The number of carbonyl (C=O) groups excluding carboxylic acids is 2. The van der Waals surface area contributed by atoms with Crippen LogP contribution >= 0.6 is 0 Å². The van der Waals surface area contributed by atoms with Gasteiger partial charge >= 0.3 is 5.97 Å². The van der Waals surface area contributed by atoms with Crippen molar-refractivity contribution < 1.29 is 18.7 Å². The third kappa shape index (κ3) is 4.47. The van der Waals surface area contributed by atoms with E-state index in [1.54, 1.807) is 49.4 Å². The molecule has 8 heteroatoms. The molecule has 0 bridgehead atoms. The van der Waals surface area contributed by atoms with Gasteiger partial charge in [-0.05, 0) is 31.2 Å². The van der Waals surface area contributed by atoms with Gasteiger partial charge < -0.3 is 15.4 Å². The summed E-state index contributed by atoms with van der Waals surface area (Å²) in [7, 11) is 0. The number of hydrogen-bond donors (Lipinski definition) is 2. The Balaban J connectivity index is 1.72. The number of carbonyl (C=O) groups is 2. The molecule has 3 rings (SSSR count). The van der Waals surface area contributed by atoms with Crippen molar-refractivity contribution in [2.75, 3.05) is 17.2 Å². The maximum atomic E-state index is 13.7. The summed E-state index contributed by atoms with van der Waals surface area (Å²) in [6.07, 6.45) is 2.61. The Hall–Kier alpha value is -3.81. The van der Waals surface area contributed by atoms with Gasteiger partial charge in [0.1, 0.15) is 5.82 Å². The second-order valence-electron chi connectivity index (χ2n) is 5.62. The van der Waals surface area contributed by atoms with Crippen LogP contribution in [0.25, 0.3) is 0 Å². The van der Waals surface area contributed by atoms with E-state index in [1.807, 2.05) is 0 Å². The molecule has 142 valence electrons. The molecule has 1 aromatic heterocycles. The van der Waals surface area contributed by atoms with Gasteiger partial charge in [0, 0.05) is 12.4 Å². The molecular formula is C20H17FN4O3. The summed E-state index contributed by atoms with van der Waals surface area (Å²) in [4.78, 5) is 32.5. The van der Waals surface area contributed by atoms with Crippen LogP contribution in [-0.4, -0.2) is 28.5 Å². The van der Waals surface area contributed by atoms with Gasteiger partial charge in [0.15, 0.2) is 0 Å². The van der Waals surface area contributed by atoms with Gasteiger partial charge in [-0.15, -0.1) is 0 Å². The van der Waals surface area contributed by atoms with E-state index in [4.69, 9.17) is 4.74 Å². The molecule has 2 aromatic carbocycles. The van der Waals surface area contributed by atoms with Crippen LogP contribution in [0.3, 0.4) is 0 Å². The average Bonchev–Trinajstić information content (AvgIpc) is 2.71. The van der Waals surface area contributed by atoms with Crippen LogP contribution in [0.15, 0.2) is 60.9 Å². The maximum absolute atomic E-state index is 13.7. The number of halogens is 1. The fourth-order valence-electron chi connectivity index (χ4n) is 2.37. The fraction of sp³-hybridized carbons (Fsp3) is 0.100. The third-order valence-electron chi connectivity index (χ3n) is 3.70. The monoisotopic (exact) mass is 380 g/mol. The van der Waals surface area contributed by atoms with Crippen LogP contribution in [0.2, 0.25) is 0 Å². The molecule has 0 saturated heterocycles. The molecule has 28 heavy (non-hydrogen) atoms. The highest BCUT2D eigenvalue weighted by molar-refractivity contribution is 6.07. The van der Waals surface area contributed by atoms with Crippen LogP contribution in [0, 0.1) is 5.82 Å². The van der Waals surface area contributed by atoms with E-state index >= 15 is 0 Å². The maximum Gasteiger partial charge on any atom is 0.340 e. The Kier molecular flexibility index (Phi) is 5.91. The summed E-state index contributed by atoms with van der Waals surface area (Å²) in [6, 6.07) is 12.6. The van der Waals surface area contributed by atoms with Crippen molar-refractivity contribution in [3.63, 3.8) is 0 Å². The second kappa shape index (κ2) is 8.72. The summed E-state index contributed by atoms with van der Waals surface area (Å²) >= 11 is 0. The van der Waals surface area contributed by atoms with Gasteiger partial charge in [-0.25, -0.2) is 19.2 Å². The lowest BCUT2D eigenvalue weighted by Crippen LogP contribution is -2.16. The van der Waals surface area contributed by atoms with Crippen molar-refractivity contribution in [2.45, 2.75) is 6.92 Å². The summed E-state index contributed by atoms with van der Waals surface area (Å²) in [5.41, 5.74) is 0.969. The highest BCUT2D eigenvalue weighted by atomic mass is 19.1. The molecule has 0 unspecified atom stereocenters. The highest BCUT2D eigenvalue weighted by Crippen LogP contribution is 2.19. The van der Waals surface area contributed by atoms with Crippen molar-refractivity contribution in [2.24, 2.45) is 0 Å². The predicted molar refractivity (Wildman–Crippen MR) is 102 cm³/mol. The molecule has 0 atom stereocenters. The zero-order valence-electron chi connectivity index (χ0n) is 15.0. The van der Waals surface area contributed by atoms with Crippen LogP contribution in [-0.2, 0) is 4.74 Å². The standard InChI is InChI=1S/C20H17FN4O3/c1-2-28-19(27)14-7-3-5-9-16(14)24-18(26)13-11-22-20(23-12-13)25-17-10-6-4-8-15(17)21/h3-12H,2H2,1H3,(H,24,26)(H,22,23,25). The number of esters is 1. The Morgan fingerprint density at radius 2 is 1.64 bits per heavy atom. The minimum Gasteiger partial charge on any atom is -0.462 e. The van der Waals surface area contributed by atoms with E-state index < -0.39 is 17.7 Å². The van der Waals surface area contributed by atoms with Crippen LogP contribution in [0.1, 0.15) is 27.6 Å². The number of ether oxygens (including phenoxy) is 1. The molecule has 0 saturated carbocycles. The van der Waals surface area contributed by atoms with Crippen molar-refractivity contribution in [3.8, 4) is 0 Å². The molecule has 1 heterocycles. The number of amides is 1. The van der Waals surface area contributed by atoms with E-state index in [-0.39, 0.29) is 29.4 Å². The van der Waals surface area contributed by atoms with Crippen molar-refractivity contribution in [1.82, 2.24) is 9.97 Å². The van der Waals surface area contributed by atoms with Crippen LogP contribution in [0.5, 0.6) is 0 Å². The lowest BCUT2D eigenvalue weighted by atomic mass is 10.1. The van der Waals surface area contributed by atoms with E-state index in [2.05, 4.69) is 20.6 Å². The largest absolute Gasteiger partial charge is 0.462 e. The number of hydrogen-bond acceptors (Lipinski definition) is 6. The predicted octanol–water partition coefficient (Wildman–Crippen LogP) is 3.79. The summed E-state index contributed by atoms with van der Waals surface area (Å²) in [5.74, 6) is -1.31. The second-order valence-corrected chi connectivity index (χ2v) is 5.62. The molecule has 3 aromatic rings. The van der Waals surface area contributed by atoms with Crippen molar-refractivity contribution >= 4 is 29.2 Å². The third-order valence-corrected chi connectivity index (χ3v) is 3.70. The van der Waals surface area contributed by atoms with Crippen molar-refractivity contribution in [1.29, 1.82) is 0 Å². The van der Waals surface area contributed by atoms with Gasteiger partial charge in [-0.1, -0.05) is 24.3 Å². The van der Waals surface area contributed by atoms with Gasteiger partial charge in [0.25, 0.3) is 5.91 Å². The van der Waals surface area contributed by atoms with E-state index in [0.717, 1.165) is 0 Å². The molecule has 0 aliphatic rings. The first kappa shape index (κ1) is 19.0. The number of anilines is 3. The molecule has 0 radical (unpaired) electrons. The number of para-hydroxylation sites is 2. The van der Waals surface area contributed by atoms with Gasteiger partial charge in [-0.3, -0.25) is 4.79 Å². The molecule has 7 nitrogen and oxygen atoms in total. The Bertz CT molecular complexity index is 993. The number of aromatic nitrogens is 2. The minimum absolute atomic E-state index is 0.147.